The van der Waals surface area contributed by atoms with Crippen LogP contribution in [0.1, 0.15) is 25.8 Å². The molecular weight excluding hydrogens is 262 g/mol. The molecule has 0 radical (unpaired) electrons. The lowest BCUT2D eigenvalue weighted by molar-refractivity contribution is 0.198. The Balaban J connectivity index is 1.99. The lowest BCUT2D eigenvalue weighted by Crippen LogP contribution is -2.27. The van der Waals surface area contributed by atoms with E-state index < -0.39 is 0 Å². The molecule has 2 heterocycles. The van der Waals surface area contributed by atoms with Crippen molar-refractivity contribution < 1.29 is 5.11 Å². The van der Waals surface area contributed by atoms with E-state index in [1.807, 2.05) is 18.2 Å². The molecule has 1 atom stereocenters. The van der Waals surface area contributed by atoms with Crippen molar-refractivity contribution in [2.45, 2.75) is 39.0 Å². The lowest BCUT2D eigenvalue weighted by Gasteiger charge is -2.22. The molecule has 2 N–H and O–H groups in total. The fourth-order valence-corrected chi connectivity index (χ4v) is 2.80. The highest BCUT2D eigenvalue weighted by Gasteiger charge is 2.23. The molecule has 2 aromatic rings. The molecule has 0 saturated carbocycles. The normalized spacial score (nSPS) is 18.9. The summed E-state index contributed by atoms with van der Waals surface area (Å²) in [5.41, 5.74) is 2.22. The number of benzene rings is 1. The molecule has 112 valence electrons. The van der Waals surface area contributed by atoms with Gasteiger partial charge in [0.2, 0.25) is 0 Å². The van der Waals surface area contributed by atoms with Gasteiger partial charge in [-0.25, -0.2) is 4.98 Å². The van der Waals surface area contributed by atoms with Gasteiger partial charge in [-0.05, 0) is 18.6 Å². The van der Waals surface area contributed by atoms with Crippen LogP contribution >= 0.6 is 0 Å². The van der Waals surface area contributed by atoms with Gasteiger partial charge in [-0.15, -0.1) is 0 Å². The van der Waals surface area contributed by atoms with Crippen molar-refractivity contribution in [3.05, 3.63) is 35.9 Å². The van der Waals surface area contributed by atoms with Crippen LogP contribution in [0.15, 0.2) is 30.3 Å². The number of para-hydroxylation sites is 1. The van der Waals surface area contributed by atoms with Gasteiger partial charge in [0.15, 0.2) is 0 Å². The van der Waals surface area contributed by atoms with Crippen molar-refractivity contribution in [2.75, 3.05) is 18.0 Å². The van der Waals surface area contributed by atoms with E-state index in [0.29, 0.717) is 12.6 Å². The van der Waals surface area contributed by atoms with Gasteiger partial charge in [0.05, 0.1) is 11.6 Å². The van der Waals surface area contributed by atoms with E-state index >= 15 is 0 Å². The van der Waals surface area contributed by atoms with Crippen LogP contribution in [-0.2, 0) is 6.54 Å². The molecule has 1 saturated heterocycles. The number of aromatic nitrogens is 1. The molecule has 0 spiro atoms. The van der Waals surface area contributed by atoms with Gasteiger partial charge in [-0.2, -0.15) is 0 Å². The van der Waals surface area contributed by atoms with Crippen molar-refractivity contribution in [2.24, 2.45) is 0 Å². The predicted octanol–water partition coefficient (Wildman–Crippen LogP) is 2.30. The third kappa shape index (κ3) is 3.17. The van der Waals surface area contributed by atoms with E-state index in [1.54, 1.807) is 0 Å². The molecule has 1 unspecified atom stereocenters. The van der Waals surface area contributed by atoms with Gasteiger partial charge in [-0.1, -0.05) is 32.0 Å². The average molecular weight is 285 g/mol. The second-order valence-corrected chi connectivity index (χ2v) is 6.09. The largest absolute Gasteiger partial charge is 0.391 e. The highest BCUT2D eigenvalue weighted by molar-refractivity contribution is 5.81. The predicted molar refractivity (Wildman–Crippen MR) is 86.6 cm³/mol. The summed E-state index contributed by atoms with van der Waals surface area (Å²) in [4.78, 5) is 7.05. The fraction of sp³-hybridized carbons (Fsp3) is 0.471. The molecule has 0 bridgehead atoms. The van der Waals surface area contributed by atoms with E-state index in [-0.39, 0.29) is 6.10 Å². The van der Waals surface area contributed by atoms with E-state index in [1.165, 1.54) is 10.9 Å². The van der Waals surface area contributed by atoms with Crippen molar-refractivity contribution in [3.63, 3.8) is 0 Å². The zero-order chi connectivity index (χ0) is 14.8. The number of fused-ring (bicyclic) bond motifs is 1. The first kappa shape index (κ1) is 14.3. The number of aliphatic hydroxyl groups is 1. The van der Waals surface area contributed by atoms with Crippen LogP contribution in [0.4, 0.5) is 5.82 Å². The van der Waals surface area contributed by atoms with Crippen molar-refractivity contribution >= 4 is 16.7 Å². The van der Waals surface area contributed by atoms with Gasteiger partial charge >= 0.3 is 0 Å². The molecule has 1 aromatic heterocycles. The van der Waals surface area contributed by atoms with Gasteiger partial charge in [0.25, 0.3) is 0 Å². The van der Waals surface area contributed by atoms with E-state index in [2.05, 4.69) is 36.2 Å². The van der Waals surface area contributed by atoms with Crippen LogP contribution in [0.3, 0.4) is 0 Å². The van der Waals surface area contributed by atoms with Gasteiger partial charge in [0.1, 0.15) is 5.82 Å². The molecule has 4 nitrogen and oxygen atoms in total. The topological polar surface area (TPSA) is 48.4 Å². The quantitative estimate of drug-likeness (QED) is 0.905. The zero-order valence-electron chi connectivity index (χ0n) is 12.7. The Labute approximate surface area is 125 Å². The Morgan fingerprint density at radius 1 is 1.38 bits per heavy atom. The highest BCUT2D eigenvalue weighted by Crippen LogP contribution is 2.26. The molecule has 0 amide bonds. The minimum absolute atomic E-state index is 0.232. The van der Waals surface area contributed by atoms with Crippen LogP contribution in [0.25, 0.3) is 10.9 Å². The summed E-state index contributed by atoms with van der Waals surface area (Å²) in [5, 5.41) is 14.4. The summed E-state index contributed by atoms with van der Waals surface area (Å²) in [5.74, 6) is 1.01. The van der Waals surface area contributed by atoms with Crippen LogP contribution in [-0.4, -0.2) is 35.3 Å². The monoisotopic (exact) mass is 285 g/mol. The maximum Gasteiger partial charge on any atom is 0.133 e. The van der Waals surface area contributed by atoms with Crippen molar-refractivity contribution in [1.29, 1.82) is 0 Å². The van der Waals surface area contributed by atoms with E-state index in [0.717, 1.165) is 30.8 Å². The van der Waals surface area contributed by atoms with Crippen LogP contribution in [0, 0.1) is 0 Å². The Kier molecular flexibility index (Phi) is 4.08. The number of pyridine rings is 1. The second kappa shape index (κ2) is 6.00. The molecule has 0 aliphatic carbocycles. The van der Waals surface area contributed by atoms with Gasteiger partial charge < -0.3 is 15.3 Å². The first-order valence-corrected chi connectivity index (χ1v) is 7.68. The second-order valence-electron chi connectivity index (χ2n) is 6.09. The maximum atomic E-state index is 9.80. The van der Waals surface area contributed by atoms with Crippen LogP contribution < -0.4 is 10.2 Å². The van der Waals surface area contributed by atoms with Crippen LogP contribution in [0.5, 0.6) is 0 Å². The molecule has 4 heteroatoms. The number of anilines is 1. The highest BCUT2D eigenvalue weighted by atomic mass is 16.3. The molecule has 1 aliphatic rings. The summed E-state index contributed by atoms with van der Waals surface area (Å²) in [7, 11) is 0. The Morgan fingerprint density at radius 3 is 2.90 bits per heavy atom. The summed E-state index contributed by atoms with van der Waals surface area (Å²) in [6, 6.07) is 10.9. The Bertz CT molecular complexity index is 626. The first-order valence-electron chi connectivity index (χ1n) is 7.68. The standard InChI is InChI=1S/C17H23N3O/c1-12(2)18-10-14-9-13-5-3-4-6-16(13)19-17(14)20-8-7-15(21)11-20/h3-6,9,12,15,18,21H,7-8,10-11H2,1-2H3. The minimum atomic E-state index is -0.232. The number of nitrogens with zero attached hydrogens (tertiary/aromatic N) is 2. The molecule has 1 fully saturated rings. The first-order chi connectivity index (χ1) is 10.1. The van der Waals surface area contributed by atoms with E-state index in [4.69, 9.17) is 4.98 Å². The number of β-amino-alcohol motifs (C(OH)–C–C–N with tert-alkyl or cyclic N) is 1. The number of aliphatic hydroxyl groups excluding tert-OH is 1. The SMILES string of the molecule is CC(C)NCc1cc2ccccc2nc1N1CCC(O)C1. The Morgan fingerprint density at radius 2 is 2.19 bits per heavy atom. The molecule has 1 aromatic carbocycles. The third-order valence-corrected chi connectivity index (χ3v) is 3.94. The number of hydrogen-bond donors (Lipinski definition) is 2. The van der Waals surface area contributed by atoms with Crippen LogP contribution in [0.2, 0.25) is 0 Å². The van der Waals surface area contributed by atoms with E-state index in [9.17, 15) is 5.11 Å². The third-order valence-electron chi connectivity index (χ3n) is 3.94. The number of rotatable bonds is 4. The molecular formula is C17H23N3O. The summed E-state index contributed by atoms with van der Waals surface area (Å²) in [6.45, 7) is 6.65. The minimum Gasteiger partial charge on any atom is -0.391 e. The van der Waals surface area contributed by atoms with Crippen molar-refractivity contribution in [1.82, 2.24) is 10.3 Å². The molecule has 21 heavy (non-hydrogen) atoms. The fourth-order valence-electron chi connectivity index (χ4n) is 2.80. The average Bonchev–Trinajstić information content (AvgIpc) is 2.90. The Hall–Kier alpha value is -1.65. The summed E-state index contributed by atoms with van der Waals surface area (Å²) >= 11 is 0. The van der Waals surface area contributed by atoms with Gasteiger partial charge in [-0.3, -0.25) is 0 Å². The maximum absolute atomic E-state index is 9.80. The smallest absolute Gasteiger partial charge is 0.133 e. The summed E-state index contributed by atoms with van der Waals surface area (Å²) < 4.78 is 0. The number of hydrogen-bond acceptors (Lipinski definition) is 4. The number of nitrogens with one attached hydrogen (secondary N) is 1. The zero-order valence-corrected chi connectivity index (χ0v) is 12.7. The lowest BCUT2D eigenvalue weighted by atomic mass is 10.1. The van der Waals surface area contributed by atoms with Crippen molar-refractivity contribution in [3.8, 4) is 0 Å². The molecule has 3 rings (SSSR count). The molecule has 1 aliphatic heterocycles. The summed E-state index contributed by atoms with van der Waals surface area (Å²) in [6.07, 6.45) is 0.593. The van der Waals surface area contributed by atoms with Gasteiger partial charge in [0, 0.05) is 36.6 Å².